The third kappa shape index (κ3) is 3.20. The summed E-state index contributed by atoms with van der Waals surface area (Å²) in [6.07, 6.45) is 5.59. The van der Waals surface area contributed by atoms with E-state index < -0.39 is 0 Å². The molecule has 0 saturated heterocycles. The minimum absolute atomic E-state index is 0.890. The van der Waals surface area contributed by atoms with Gasteiger partial charge < -0.3 is 0 Å². The molecule has 3 aromatic heterocycles. The molecule has 3 heteroatoms. The van der Waals surface area contributed by atoms with Crippen LogP contribution in [0.25, 0.3) is 11.6 Å². The number of aromatic nitrogens is 3. The van der Waals surface area contributed by atoms with Crippen molar-refractivity contribution in [2.45, 2.75) is 6.92 Å². The van der Waals surface area contributed by atoms with Crippen LogP contribution in [0.3, 0.4) is 0 Å². The fraction of sp³-hybridized carbons (Fsp3) is 0.0556. The van der Waals surface area contributed by atoms with Crippen molar-refractivity contribution >= 4 is 11.6 Å². The number of nitrogens with zero attached hydrogens (tertiary/aromatic N) is 3. The molecule has 0 spiro atoms. The first-order chi connectivity index (χ1) is 10.3. The lowest BCUT2D eigenvalue weighted by atomic mass is 10.1. The maximum atomic E-state index is 4.61. The summed E-state index contributed by atoms with van der Waals surface area (Å²) in [4.78, 5) is 13.4. The molecule has 21 heavy (non-hydrogen) atoms. The Hall–Kier alpha value is -2.81. The highest BCUT2D eigenvalue weighted by atomic mass is 14.7. The van der Waals surface area contributed by atoms with Crippen LogP contribution in [-0.2, 0) is 0 Å². The van der Waals surface area contributed by atoms with E-state index in [-0.39, 0.29) is 0 Å². The Balaban J connectivity index is 2.14. The van der Waals surface area contributed by atoms with Gasteiger partial charge >= 0.3 is 0 Å². The van der Waals surface area contributed by atoms with Crippen molar-refractivity contribution in [3.05, 3.63) is 89.8 Å². The van der Waals surface area contributed by atoms with Crippen LogP contribution in [0, 0.1) is 6.92 Å². The third-order valence-corrected chi connectivity index (χ3v) is 3.09. The molecule has 0 N–H and O–H groups in total. The van der Waals surface area contributed by atoms with Gasteiger partial charge in [-0.25, -0.2) is 0 Å². The first-order valence-corrected chi connectivity index (χ1v) is 6.81. The van der Waals surface area contributed by atoms with E-state index in [0.717, 1.165) is 28.3 Å². The van der Waals surface area contributed by atoms with Gasteiger partial charge in [0.05, 0.1) is 17.1 Å². The van der Waals surface area contributed by atoms with Gasteiger partial charge in [-0.15, -0.1) is 0 Å². The van der Waals surface area contributed by atoms with Crippen molar-refractivity contribution in [1.82, 2.24) is 15.0 Å². The van der Waals surface area contributed by atoms with Gasteiger partial charge in [0.1, 0.15) is 0 Å². The zero-order valence-electron chi connectivity index (χ0n) is 11.8. The molecule has 0 saturated carbocycles. The van der Waals surface area contributed by atoms with Gasteiger partial charge in [-0.3, -0.25) is 15.0 Å². The van der Waals surface area contributed by atoms with E-state index in [1.807, 2.05) is 67.6 Å². The number of rotatable bonds is 3. The van der Waals surface area contributed by atoms with Crippen LogP contribution >= 0.6 is 0 Å². The van der Waals surface area contributed by atoms with Crippen LogP contribution in [0.1, 0.15) is 22.8 Å². The fourth-order valence-electron chi connectivity index (χ4n) is 2.10. The summed E-state index contributed by atoms with van der Waals surface area (Å²) < 4.78 is 0. The lowest BCUT2D eigenvalue weighted by Crippen LogP contribution is -1.96. The van der Waals surface area contributed by atoms with Gasteiger partial charge in [0.25, 0.3) is 0 Å². The Labute approximate surface area is 124 Å². The normalized spacial score (nSPS) is 11.4. The summed E-state index contributed by atoms with van der Waals surface area (Å²) in [5, 5.41) is 0. The lowest BCUT2D eigenvalue weighted by Gasteiger charge is -2.07. The highest BCUT2D eigenvalue weighted by Crippen LogP contribution is 2.22. The van der Waals surface area contributed by atoms with Gasteiger partial charge in [0.2, 0.25) is 0 Å². The van der Waals surface area contributed by atoms with Crippen molar-refractivity contribution in [3.63, 3.8) is 0 Å². The van der Waals surface area contributed by atoms with E-state index in [1.165, 1.54) is 0 Å². The zero-order chi connectivity index (χ0) is 14.5. The van der Waals surface area contributed by atoms with Crippen molar-refractivity contribution < 1.29 is 0 Å². The van der Waals surface area contributed by atoms with Crippen molar-refractivity contribution in [2.24, 2.45) is 0 Å². The van der Waals surface area contributed by atoms with E-state index in [9.17, 15) is 0 Å². The standard InChI is InChI=1S/C18H15N3/c1-14-7-6-10-18(21-14)16(17-9-3-5-12-20-17)13-15-8-2-4-11-19-15/h2-13H,1H3/b16-13+. The van der Waals surface area contributed by atoms with Crippen LogP contribution in [0.15, 0.2) is 67.0 Å². The molecular weight excluding hydrogens is 258 g/mol. The average molecular weight is 273 g/mol. The SMILES string of the molecule is Cc1cccc(/C(=C/c2ccccn2)c2ccccn2)n1. The first-order valence-electron chi connectivity index (χ1n) is 6.81. The molecule has 0 fully saturated rings. The molecule has 0 aliphatic heterocycles. The van der Waals surface area contributed by atoms with E-state index >= 15 is 0 Å². The Bertz CT molecular complexity index is 750. The predicted octanol–water partition coefficient (Wildman–Crippen LogP) is 3.77. The highest BCUT2D eigenvalue weighted by Gasteiger charge is 2.08. The molecule has 0 atom stereocenters. The monoisotopic (exact) mass is 273 g/mol. The quantitative estimate of drug-likeness (QED) is 0.729. The number of pyridine rings is 3. The maximum Gasteiger partial charge on any atom is 0.0727 e. The summed E-state index contributed by atoms with van der Waals surface area (Å²) in [6.45, 7) is 1.99. The van der Waals surface area contributed by atoms with E-state index in [2.05, 4.69) is 15.0 Å². The topological polar surface area (TPSA) is 38.7 Å². The maximum absolute atomic E-state index is 4.61. The molecular formula is C18H15N3. The molecule has 0 unspecified atom stereocenters. The number of aryl methyl sites for hydroxylation is 1. The van der Waals surface area contributed by atoms with Crippen LogP contribution in [0.5, 0.6) is 0 Å². The molecule has 3 heterocycles. The lowest BCUT2D eigenvalue weighted by molar-refractivity contribution is 1.16. The Morgan fingerprint density at radius 3 is 2.24 bits per heavy atom. The Morgan fingerprint density at radius 2 is 1.57 bits per heavy atom. The Morgan fingerprint density at radius 1 is 0.810 bits per heavy atom. The average Bonchev–Trinajstić information content (AvgIpc) is 2.54. The van der Waals surface area contributed by atoms with Crippen molar-refractivity contribution in [2.75, 3.05) is 0 Å². The Kier molecular flexibility index (Phi) is 3.83. The molecule has 0 aliphatic rings. The van der Waals surface area contributed by atoms with E-state index in [1.54, 1.807) is 12.4 Å². The second-order valence-electron chi connectivity index (χ2n) is 4.69. The summed E-state index contributed by atoms with van der Waals surface area (Å²) in [7, 11) is 0. The molecule has 102 valence electrons. The largest absolute Gasteiger partial charge is 0.257 e. The number of hydrogen-bond donors (Lipinski definition) is 0. The zero-order valence-corrected chi connectivity index (χ0v) is 11.8. The summed E-state index contributed by atoms with van der Waals surface area (Å²) >= 11 is 0. The molecule has 0 radical (unpaired) electrons. The van der Waals surface area contributed by atoms with Crippen LogP contribution in [0.4, 0.5) is 0 Å². The van der Waals surface area contributed by atoms with E-state index in [0.29, 0.717) is 0 Å². The second-order valence-corrected chi connectivity index (χ2v) is 4.69. The molecule has 0 aliphatic carbocycles. The van der Waals surface area contributed by atoms with Gasteiger partial charge in [-0.1, -0.05) is 18.2 Å². The molecule has 0 amide bonds. The highest BCUT2D eigenvalue weighted by molar-refractivity contribution is 5.88. The van der Waals surface area contributed by atoms with Crippen LogP contribution < -0.4 is 0 Å². The number of hydrogen-bond acceptors (Lipinski definition) is 3. The summed E-state index contributed by atoms with van der Waals surface area (Å²) in [6, 6.07) is 17.7. The molecule has 3 nitrogen and oxygen atoms in total. The van der Waals surface area contributed by atoms with Crippen LogP contribution in [0.2, 0.25) is 0 Å². The molecule has 3 rings (SSSR count). The van der Waals surface area contributed by atoms with Gasteiger partial charge in [0.15, 0.2) is 0 Å². The minimum atomic E-state index is 0.890. The van der Waals surface area contributed by atoms with Crippen molar-refractivity contribution in [1.29, 1.82) is 0 Å². The first kappa shape index (κ1) is 13.2. The van der Waals surface area contributed by atoms with Gasteiger partial charge in [0, 0.05) is 23.7 Å². The second kappa shape index (κ2) is 6.09. The van der Waals surface area contributed by atoms with Crippen molar-refractivity contribution in [3.8, 4) is 0 Å². The van der Waals surface area contributed by atoms with Gasteiger partial charge in [-0.2, -0.15) is 0 Å². The smallest absolute Gasteiger partial charge is 0.0727 e. The fourth-order valence-corrected chi connectivity index (χ4v) is 2.10. The molecule has 3 aromatic rings. The minimum Gasteiger partial charge on any atom is -0.257 e. The van der Waals surface area contributed by atoms with E-state index in [4.69, 9.17) is 0 Å². The predicted molar refractivity (Wildman–Crippen MR) is 84.4 cm³/mol. The van der Waals surface area contributed by atoms with Gasteiger partial charge in [-0.05, 0) is 49.4 Å². The molecule has 0 bridgehead atoms. The van der Waals surface area contributed by atoms with Crippen LogP contribution in [-0.4, -0.2) is 15.0 Å². The molecule has 0 aromatic carbocycles. The third-order valence-electron chi connectivity index (χ3n) is 3.09. The summed E-state index contributed by atoms with van der Waals surface area (Å²) in [5.41, 5.74) is 4.63. The summed E-state index contributed by atoms with van der Waals surface area (Å²) in [5.74, 6) is 0.